The third-order valence-corrected chi connectivity index (χ3v) is 1.98. The quantitative estimate of drug-likeness (QED) is 0.236. The predicted octanol–water partition coefficient (Wildman–Crippen LogP) is 0.374. The van der Waals surface area contributed by atoms with E-state index < -0.39 is 24.3 Å². The number of amides is 1. The third-order valence-electron chi connectivity index (χ3n) is 1.98. The highest BCUT2D eigenvalue weighted by molar-refractivity contribution is 6.44. The van der Waals surface area contributed by atoms with Crippen molar-refractivity contribution in [2.45, 2.75) is 13.3 Å². The van der Waals surface area contributed by atoms with Crippen molar-refractivity contribution in [2.24, 2.45) is 10.9 Å². The Balaban J connectivity index is 0.000000400. The van der Waals surface area contributed by atoms with Gasteiger partial charge in [-0.05, 0) is 6.92 Å². The lowest BCUT2D eigenvalue weighted by Crippen LogP contribution is -2.24. The maximum absolute atomic E-state index is 10.7. The second kappa shape index (κ2) is 9.96. The molecule has 0 radical (unpaired) electrons. The first kappa shape index (κ1) is 18.1. The summed E-state index contributed by atoms with van der Waals surface area (Å²) < 4.78 is 4.33. The second-order valence-electron chi connectivity index (χ2n) is 3.55. The van der Waals surface area contributed by atoms with Crippen LogP contribution in [0.5, 0.6) is 0 Å². The van der Waals surface area contributed by atoms with Gasteiger partial charge in [-0.3, -0.25) is 14.4 Å². The number of primary amides is 1. The first-order chi connectivity index (χ1) is 9.92. The maximum atomic E-state index is 10.7. The molecule has 1 aromatic carbocycles. The molecule has 0 atom stereocenters. The average molecular weight is 296 g/mol. The molecule has 1 rings (SSSR count). The molecule has 8 heteroatoms. The van der Waals surface area contributed by atoms with Crippen molar-refractivity contribution in [3.05, 3.63) is 35.9 Å². The molecule has 0 saturated carbocycles. The molecule has 0 aliphatic carbocycles. The van der Waals surface area contributed by atoms with Crippen molar-refractivity contribution in [2.75, 3.05) is 6.61 Å². The van der Waals surface area contributed by atoms with Gasteiger partial charge < -0.3 is 20.8 Å². The summed E-state index contributed by atoms with van der Waals surface area (Å²) in [6.07, 6.45) is -0.548. The molecule has 0 unspecified atom stereocenters. The molecule has 1 amide bonds. The van der Waals surface area contributed by atoms with Crippen molar-refractivity contribution < 1.29 is 29.4 Å². The summed E-state index contributed by atoms with van der Waals surface area (Å²) in [5, 5.41) is 19.2. The number of benzene rings is 1. The van der Waals surface area contributed by atoms with E-state index in [-0.39, 0.29) is 12.3 Å². The Kier molecular flexibility index (Phi) is 8.58. The van der Waals surface area contributed by atoms with Gasteiger partial charge in [-0.25, -0.2) is 0 Å². The molecular weight excluding hydrogens is 280 g/mol. The lowest BCUT2D eigenvalue weighted by molar-refractivity contribution is -0.150. The third kappa shape index (κ3) is 7.98. The molecule has 4 N–H and O–H groups in total. The van der Waals surface area contributed by atoms with Gasteiger partial charge in [-0.2, -0.15) is 0 Å². The van der Waals surface area contributed by atoms with Crippen LogP contribution in [0.15, 0.2) is 35.5 Å². The van der Waals surface area contributed by atoms with E-state index in [1.54, 1.807) is 37.3 Å². The zero-order chi connectivity index (χ0) is 16.3. The molecule has 0 heterocycles. The second-order valence-corrected chi connectivity index (χ2v) is 3.55. The highest BCUT2D eigenvalue weighted by Gasteiger charge is 2.09. The molecule has 0 aliphatic heterocycles. The Morgan fingerprint density at radius 2 is 1.81 bits per heavy atom. The van der Waals surface area contributed by atoms with Crippen molar-refractivity contribution in [1.82, 2.24) is 0 Å². The fourth-order valence-corrected chi connectivity index (χ4v) is 1.18. The highest BCUT2D eigenvalue weighted by atomic mass is 16.5. The van der Waals surface area contributed by atoms with Crippen LogP contribution in [-0.2, 0) is 19.1 Å². The summed E-state index contributed by atoms with van der Waals surface area (Å²) >= 11 is 0. The SMILES string of the molecule is CCOC(=O)CC(=O)O.NC(=O)C(=NO)c1ccccc1. The maximum Gasteiger partial charge on any atom is 0.317 e. The standard InChI is InChI=1S/C8H8N2O2.C5H8O4/c9-8(11)7(10-12)6-4-2-1-3-5-6;1-2-9-5(8)3-4(6)7/h1-5,12H,(H2,9,11);2-3H2,1H3,(H,6,7). The zero-order valence-corrected chi connectivity index (χ0v) is 11.4. The van der Waals surface area contributed by atoms with Crippen molar-refractivity contribution >= 4 is 23.6 Å². The van der Waals surface area contributed by atoms with Gasteiger partial charge in [0.05, 0.1) is 6.61 Å². The Labute approximate surface area is 120 Å². The van der Waals surface area contributed by atoms with E-state index in [0.29, 0.717) is 5.56 Å². The number of hydrogen-bond donors (Lipinski definition) is 3. The molecule has 0 aliphatic rings. The van der Waals surface area contributed by atoms with Crippen molar-refractivity contribution in [3.63, 3.8) is 0 Å². The fraction of sp³-hybridized carbons (Fsp3) is 0.231. The topological polar surface area (TPSA) is 139 Å². The summed E-state index contributed by atoms with van der Waals surface area (Å²) in [5.41, 5.74) is 5.33. The van der Waals surface area contributed by atoms with Gasteiger partial charge in [0.1, 0.15) is 6.42 Å². The minimum absolute atomic E-state index is 0.129. The fourth-order valence-electron chi connectivity index (χ4n) is 1.18. The summed E-state index contributed by atoms with van der Waals surface area (Å²) in [4.78, 5) is 30.7. The minimum Gasteiger partial charge on any atom is -0.481 e. The van der Waals surface area contributed by atoms with Crippen LogP contribution in [0.3, 0.4) is 0 Å². The minimum atomic E-state index is -1.16. The summed E-state index contributed by atoms with van der Waals surface area (Å²) in [6.45, 7) is 1.85. The van der Waals surface area contributed by atoms with E-state index in [4.69, 9.17) is 16.0 Å². The van der Waals surface area contributed by atoms with E-state index in [2.05, 4.69) is 9.89 Å². The molecule has 1 aromatic rings. The van der Waals surface area contributed by atoms with Crippen molar-refractivity contribution in [1.29, 1.82) is 0 Å². The van der Waals surface area contributed by atoms with E-state index in [1.165, 1.54) is 0 Å². The van der Waals surface area contributed by atoms with Crippen LogP contribution in [-0.4, -0.2) is 40.5 Å². The number of carboxylic acid groups (broad SMARTS) is 1. The number of carbonyl (C=O) groups is 3. The number of carboxylic acids is 1. The van der Waals surface area contributed by atoms with Gasteiger partial charge in [-0.15, -0.1) is 0 Å². The largest absolute Gasteiger partial charge is 0.481 e. The smallest absolute Gasteiger partial charge is 0.317 e. The van der Waals surface area contributed by atoms with E-state index in [1.807, 2.05) is 0 Å². The Hall–Kier alpha value is -2.90. The Morgan fingerprint density at radius 1 is 1.24 bits per heavy atom. The van der Waals surface area contributed by atoms with E-state index in [0.717, 1.165) is 0 Å². The summed E-state index contributed by atoms with van der Waals surface area (Å²) in [7, 11) is 0. The molecule has 0 spiro atoms. The number of hydrogen-bond acceptors (Lipinski definition) is 6. The van der Waals surface area contributed by atoms with Crippen LogP contribution in [0.4, 0.5) is 0 Å². The lowest BCUT2D eigenvalue weighted by atomic mass is 10.1. The van der Waals surface area contributed by atoms with Gasteiger partial charge in [0.25, 0.3) is 5.91 Å². The average Bonchev–Trinajstić information content (AvgIpc) is 2.40. The Bertz CT molecular complexity index is 513. The number of aliphatic carboxylic acids is 1. The van der Waals surface area contributed by atoms with Gasteiger partial charge in [0.15, 0.2) is 5.71 Å². The van der Waals surface area contributed by atoms with Crippen molar-refractivity contribution in [3.8, 4) is 0 Å². The van der Waals surface area contributed by atoms with Gasteiger partial charge in [0.2, 0.25) is 0 Å². The van der Waals surface area contributed by atoms with Crippen LogP contribution >= 0.6 is 0 Å². The number of nitrogens with two attached hydrogens (primary N) is 1. The van der Waals surface area contributed by atoms with Gasteiger partial charge in [0, 0.05) is 5.56 Å². The van der Waals surface area contributed by atoms with Crippen LogP contribution in [0, 0.1) is 0 Å². The highest BCUT2D eigenvalue weighted by Crippen LogP contribution is 1.99. The zero-order valence-electron chi connectivity index (χ0n) is 11.4. The number of esters is 1. The normalized spacial score (nSPS) is 10.0. The van der Waals surface area contributed by atoms with Gasteiger partial charge >= 0.3 is 11.9 Å². The van der Waals surface area contributed by atoms with Crippen LogP contribution in [0.25, 0.3) is 0 Å². The molecule has 21 heavy (non-hydrogen) atoms. The first-order valence-electron chi connectivity index (χ1n) is 5.87. The predicted molar refractivity (Wildman–Crippen MR) is 72.8 cm³/mol. The van der Waals surface area contributed by atoms with Gasteiger partial charge in [-0.1, -0.05) is 35.5 Å². The number of rotatable bonds is 5. The van der Waals surface area contributed by atoms with E-state index in [9.17, 15) is 14.4 Å². The van der Waals surface area contributed by atoms with Crippen LogP contribution < -0.4 is 5.73 Å². The molecule has 0 saturated heterocycles. The summed E-state index contributed by atoms with van der Waals surface area (Å²) in [6, 6.07) is 8.52. The van der Waals surface area contributed by atoms with E-state index >= 15 is 0 Å². The molecule has 0 bridgehead atoms. The first-order valence-corrected chi connectivity index (χ1v) is 5.87. The number of oxime groups is 1. The molecule has 8 nitrogen and oxygen atoms in total. The van der Waals surface area contributed by atoms with Crippen LogP contribution in [0.2, 0.25) is 0 Å². The molecule has 0 aromatic heterocycles. The molecular formula is C13H16N2O6. The summed E-state index contributed by atoms with van der Waals surface area (Å²) in [5.74, 6) is -2.60. The lowest BCUT2D eigenvalue weighted by Gasteiger charge is -1.97. The monoisotopic (exact) mass is 296 g/mol. The number of nitrogens with zero attached hydrogens (tertiary/aromatic N) is 1. The van der Waals surface area contributed by atoms with Crippen LogP contribution in [0.1, 0.15) is 18.9 Å². The molecule has 0 fully saturated rings. The number of ether oxygens (including phenoxy) is 1. The molecule has 114 valence electrons. The number of carbonyl (C=O) groups excluding carboxylic acids is 2. The Morgan fingerprint density at radius 3 is 2.19 bits per heavy atom.